The van der Waals surface area contributed by atoms with Gasteiger partial charge in [-0.3, -0.25) is 0 Å². The van der Waals surface area contributed by atoms with Crippen molar-refractivity contribution >= 4 is 44.3 Å². The van der Waals surface area contributed by atoms with Crippen molar-refractivity contribution in [2.75, 3.05) is 12.3 Å². The van der Waals surface area contributed by atoms with Crippen LogP contribution >= 0.6 is 15.8 Å². The third-order valence-corrected chi connectivity index (χ3v) is 12.9. The molecule has 0 N–H and O–H groups in total. The van der Waals surface area contributed by atoms with Crippen molar-refractivity contribution in [1.82, 2.24) is 0 Å². The topological polar surface area (TPSA) is 0 Å². The molecule has 42 heavy (non-hydrogen) atoms. The van der Waals surface area contributed by atoms with Crippen LogP contribution in [0.3, 0.4) is 0 Å². The average Bonchev–Trinajstić information content (AvgIpc) is 3.65. The summed E-state index contributed by atoms with van der Waals surface area (Å²) in [5.41, 5.74) is 0. The molecule has 8 heteroatoms. The minimum absolute atomic E-state index is 0. The van der Waals surface area contributed by atoms with E-state index in [0.29, 0.717) is 0 Å². The molecule has 0 amide bonds. The van der Waals surface area contributed by atoms with Gasteiger partial charge in [0.15, 0.2) is 0 Å². The van der Waals surface area contributed by atoms with Crippen molar-refractivity contribution in [3.63, 3.8) is 0 Å². The molecule has 4 aromatic rings. The first-order valence-electron chi connectivity index (χ1n) is 14.0. The zero-order valence-electron chi connectivity index (χ0n) is 23.3. The Balaban J connectivity index is 0.000000308. The number of allylic oxidation sites excluding steroid dienone is 4. The van der Waals surface area contributed by atoms with E-state index in [4.69, 9.17) is 0 Å². The minimum Gasteiger partial charge on any atom is -0.418 e. The van der Waals surface area contributed by atoms with Gasteiger partial charge in [0.05, 0.1) is 49.4 Å². The summed E-state index contributed by atoms with van der Waals surface area (Å²) in [7, 11) is -7.48. The van der Waals surface area contributed by atoms with Crippen LogP contribution in [-0.2, 0) is 19.5 Å². The predicted molar refractivity (Wildman–Crippen MR) is 175 cm³/mol. The summed E-state index contributed by atoms with van der Waals surface area (Å²) < 4.78 is 39.0. The zero-order valence-corrected chi connectivity index (χ0v) is 26.9. The Morgan fingerprint density at radius 3 is 0.905 bits per heavy atom. The third-order valence-electron chi connectivity index (χ3n) is 7.10. The second kappa shape index (κ2) is 17.7. The molecule has 4 aromatic carbocycles. The summed E-state index contributed by atoms with van der Waals surface area (Å²) in [5.74, 6) is 1.62. The number of halogens is 4. The summed E-state index contributed by atoms with van der Waals surface area (Å²) in [6, 6.07) is 44.6. The molecular weight excluding hydrogens is 660 g/mol. The Morgan fingerprint density at radius 1 is 0.476 bits per heavy atom. The van der Waals surface area contributed by atoms with E-state index in [1.54, 1.807) is 0 Å². The van der Waals surface area contributed by atoms with Crippen molar-refractivity contribution in [3.05, 3.63) is 146 Å². The largest absolute Gasteiger partial charge is 0.673 e. The van der Waals surface area contributed by atoms with Crippen molar-refractivity contribution in [2.24, 2.45) is 11.8 Å². The van der Waals surface area contributed by atoms with E-state index in [-0.39, 0.29) is 19.5 Å². The van der Waals surface area contributed by atoms with Crippen LogP contribution in [0.5, 0.6) is 0 Å². The first-order chi connectivity index (χ1) is 19.9. The smallest absolute Gasteiger partial charge is 0.418 e. The van der Waals surface area contributed by atoms with Crippen LogP contribution < -0.4 is 21.2 Å². The van der Waals surface area contributed by atoms with Crippen molar-refractivity contribution in [2.45, 2.75) is 12.8 Å². The first kappa shape index (κ1) is 34.1. The van der Waals surface area contributed by atoms with E-state index in [1.165, 1.54) is 46.4 Å². The number of benzene rings is 4. The van der Waals surface area contributed by atoms with Gasteiger partial charge in [-0.1, -0.05) is 97.1 Å². The molecule has 0 unspecified atom stereocenters. The molecule has 2 bridgehead atoms. The van der Waals surface area contributed by atoms with Gasteiger partial charge in [-0.05, 0) is 66.8 Å². The fourth-order valence-electron chi connectivity index (χ4n) is 5.24. The molecule has 0 aromatic heterocycles. The minimum atomic E-state index is -6.00. The van der Waals surface area contributed by atoms with Gasteiger partial charge >= 0.3 is 7.25 Å². The maximum absolute atomic E-state index is 9.75. The second-order valence-corrected chi connectivity index (χ2v) is 15.3. The van der Waals surface area contributed by atoms with Crippen molar-refractivity contribution in [3.8, 4) is 0 Å². The Kier molecular flexibility index (Phi) is 14.4. The third kappa shape index (κ3) is 11.7. The molecular formula is C34H36BF4P2Rh+. The summed E-state index contributed by atoms with van der Waals surface area (Å²) in [6.07, 6.45) is 14.4. The quantitative estimate of drug-likeness (QED) is 0.0756. The summed E-state index contributed by atoms with van der Waals surface area (Å²) in [4.78, 5) is 0. The average molecular weight is 696 g/mol. The molecule has 0 atom stereocenters. The molecule has 2 aliphatic rings. The molecule has 2 aliphatic carbocycles. The maximum Gasteiger partial charge on any atom is 0.673 e. The molecule has 0 aliphatic heterocycles. The molecule has 0 saturated carbocycles. The second-order valence-electron chi connectivity index (χ2n) is 10.1. The molecule has 0 saturated heterocycles. The normalized spacial score (nSPS) is 16.3. The standard InChI is InChI=1S/C27H26P2.C7H8.BF4.Rh/c1-5-14-24(15-6-1)28(25-16-7-2-8-17-25)22-13-23-29(26-18-9-3-10-19-26)27-20-11-4-12-21-27;1-2-7-4-3-6(1)5-7;2-1(3,4)5;/h1-12,14-21H,13,22-23H2;1-4,6-7H,5H2;;/q;;-1;/p+2. The van der Waals surface area contributed by atoms with Gasteiger partial charge in [0.1, 0.15) is 0 Å². The van der Waals surface area contributed by atoms with Gasteiger partial charge in [-0.2, -0.15) is 0 Å². The molecule has 221 valence electrons. The molecule has 0 spiro atoms. The Labute approximate surface area is 262 Å². The van der Waals surface area contributed by atoms with Crippen LogP contribution in [0.4, 0.5) is 17.3 Å². The number of fused-ring (bicyclic) bond motifs is 2. The number of hydrogen-bond donors (Lipinski definition) is 0. The summed E-state index contributed by atoms with van der Waals surface area (Å²) in [6.45, 7) is 0. The number of hydrogen-bond acceptors (Lipinski definition) is 0. The van der Waals surface area contributed by atoms with E-state index >= 15 is 0 Å². The van der Waals surface area contributed by atoms with Crippen LogP contribution in [0, 0.1) is 11.8 Å². The van der Waals surface area contributed by atoms with Gasteiger partial charge in [0.25, 0.3) is 0 Å². The molecule has 1 radical (unpaired) electrons. The Morgan fingerprint density at radius 2 is 0.714 bits per heavy atom. The SMILES string of the molecule is C1=CC2C=CC1C2.F[B-](F)(F)F.[Rh].c1ccc([PH+](CCC[PH+](c2ccccc2)c2ccccc2)c2ccccc2)cc1. The van der Waals surface area contributed by atoms with E-state index in [9.17, 15) is 17.3 Å². The zero-order chi connectivity index (χ0) is 28.9. The van der Waals surface area contributed by atoms with E-state index in [1.807, 2.05) is 0 Å². The summed E-state index contributed by atoms with van der Waals surface area (Å²) >= 11 is 0. The van der Waals surface area contributed by atoms with Crippen LogP contribution in [0.1, 0.15) is 12.8 Å². The Hall–Kier alpha value is -2.37. The fraction of sp³-hybridized carbons (Fsp3) is 0.176. The summed E-state index contributed by atoms with van der Waals surface area (Å²) in [5, 5.41) is 6.10. The van der Waals surface area contributed by atoms with E-state index < -0.39 is 23.1 Å². The van der Waals surface area contributed by atoms with Crippen molar-refractivity contribution < 1.29 is 36.7 Å². The van der Waals surface area contributed by atoms with Crippen molar-refractivity contribution in [1.29, 1.82) is 0 Å². The van der Waals surface area contributed by atoms with E-state index in [2.05, 4.69) is 146 Å². The molecule has 6 rings (SSSR count). The molecule has 0 nitrogen and oxygen atoms in total. The first-order valence-corrected chi connectivity index (χ1v) is 17.5. The predicted octanol–water partition coefficient (Wildman–Crippen LogP) is 8.15. The van der Waals surface area contributed by atoms with Crippen LogP contribution in [0.2, 0.25) is 0 Å². The molecule has 0 heterocycles. The fourth-order valence-corrected chi connectivity index (χ4v) is 10.9. The van der Waals surface area contributed by atoms with Gasteiger partial charge in [0, 0.05) is 25.9 Å². The van der Waals surface area contributed by atoms with Crippen LogP contribution in [-0.4, -0.2) is 19.6 Å². The van der Waals surface area contributed by atoms with Gasteiger partial charge in [-0.15, -0.1) is 0 Å². The van der Waals surface area contributed by atoms with Gasteiger partial charge < -0.3 is 17.3 Å². The monoisotopic (exact) mass is 696 g/mol. The van der Waals surface area contributed by atoms with Crippen LogP contribution in [0.15, 0.2) is 146 Å². The van der Waals surface area contributed by atoms with Gasteiger partial charge in [0.2, 0.25) is 0 Å². The number of rotatable bonds is 8. The maximum atomic E-state index is 9.75. The van der Waals surface area contributed by atoms with E-state index in [0.717, 1.165) is 11.8 Å². The van der Waals surface area contributed by atoms with Gasteiger partial charge in [-0.25, -0.2) is 0 Å². The Bertz CT molecular complexity index is 1160. The molecule has 0 fully saturated rings. The van der Waals surface area contributed by atoms with Crippen LogP contribution in [0.25, 0.3) is 0 Å².